The molecule has 0 unspecified atom stereocenters. The maximum absolute atomic E-state index is 13.2. The molecule has 1 aromatic rings. The van der Waals surface area contributed by atoms with Gasteiger partial charge in [0.15, 0.2) is 0 Å². The summed E-state index contributed by atoms with van der Waals surface area (Å²) in [6, 6.07) is 5.19. The summed E-state index contributed by atoms with van der Waals surface area (Å²) in [6.07, 6.45) is 0. The van der Waals surface area contributed by atoms with E-state index in [1.54, 1.807) is 0 Å². The van der Waals surface area contributed by atoms with Gasteiger partial charge >= 0.3 is 0 Å². The Morgan fingerprint density at radius 2 is 2.07 bits per heavy atom. The fraction of sp³-hybridized carbons (Fsp3) is 0.111. The van der Waals surface area contributed by atoms with Crippen molar-refractivity contribution in [1.29, 1.82) is 0 Å². The molecular formula is C9H9BrFNO2S. The molecule has 0 atom stereocenters. The predicted octanol–water partition coefficient (Wildman–Crippen LogP) is 2.01. The summed E-state index contributed by atoms with van der Waals surface area (Å²) in [4.78, 5) is -0.362. The van der Waals surface area contributed by atoms with E-state index in [2.05, 4.69) is 27.2 Å². The molecule has 1 aromatic carbocycles. The van der Waals surface area contributed by atoms with Gasteiger partial charge in [-0.25, -0.2) is 17.5 Å². The molecule has 0 amide bonds. The minimum absolute atomic E-state index is 0.0245. The van der Waals surface area contributed by atoms with Gasteiger partial charge in [0.25, 0.3) is 0 Å². The van der Waals surface area contributed by atoms with E-state index in [1.807, 2.05) is 0 Å². The SMILES string of the molecule is C=C(Br)CNS(=O)(=O)c1ccccc1F. The van der Waals surface area contributed by atoms with Crippen LogP contribution in [0.3, 0.4) is 0 Å². The summed E-state index contributed by atoms with van der Waals surface area (Å²) < 4.78 is 38.9. The Bertz CT molecular complexity index is 473. The van der Waals surface area contributed by atoms with E-state index in [1.165, 1.54) is 18.2 Å². The smallest absolute Gasteiger partial charge is 0.207 e. The van der Waals surface area contributed by atoms with Crippen molar-refractivity contribution in [2.45, 2.75) is 4.90 Å². The highest BCUT2D eigenvalue weighted by Crippen LogP contribution is 2.13. The van der Waals surface area contributed by atoms with Crippen LogP contribution in [-0.4, -0.2) is 15.0 Å². The van der Waals surface area contributed by atoms with Crippen molar-refractivity contribution in [2.75, 3.05) is 6.54 Å². The van der Waals surface area contributed by atoms with Crippen LogP contribution in [0.25, 0.3) is 0 Å². The van der Waals surface area contributed by atoms with Gasteiger partial charge in [0.05, 0.1) is 0 Å². The first-order valence-electron chi connectivity index (χ1n) is 4.01. The number of sulfonamides is 1. The highest BCUT2D eigenvalue weighted by atomic mass is 79.9. The van der Waals surface area contributed by atoms with E-state index in [4.69, 9.17) is 0 Å². The minimum atomic E-state index is -3.80. The van der Waals surface area contributed by atoms with Crippen molar-refractivity contribution in [3.8, 4) is 0 Å². The Labute approximate surface area is 96.2 Å². The van der Waals surface area contributed by atoms with Gasteiger partial charge in [-0.1, -0.05) is 34.6 Å². The van der Waals surface area contributed by atoms with Crippen LogP contribution in [0, 0.1) is 5.82 Å². The molecule has 1 rings (SSSR count). The first-order valence-corrected chi connectivity index (χ1v) is 6.28. The number of hydrogen-bond donors (Lipinski definition) is 1. The van der Waals surface area contributed by atoms with Crippen molar-refractivity contribution in [2.24, 2.45) is 0 Å². The van der Waals surface area contributed by atoms with Crippen LogP contribution in [-0.2, 0) is 10.0 Å². The zero-order valence-electron chi connectivity index (χ0n) is 7.70. The van der Waals surface area contributed by atoms with Crippen LogP contribution in [0.15, 0.2) is 40.2 Å². The highest BCUT2D eigenvalue weighted by Gasteiger charge is 2.17. The van der Waals surface area contributed by atoms with E-state index in [0.717, 1.165) is 6.07 Å². The first-order chi connectivity index (χ1) is 6.93. The molecule has 0 aromatic heterocycles. The number of hydrogen-bond acceptors (Lipinski definition) is 2. The Kier molecular flexibility index (Phi) is 4.01. The molecular weight excluding hydrogens is 285 g/mol. The molecule has 0 aliphatic carbocycles. The van der Waals surface area contributed by atoms with Crippen molar-refractivity contribution in [3.63, 3.8) is 0 Å². The van der Waals surface area contributed by atoms with Gasteiger partial charge in [0, 0.05) is 11.0 Å². The molecule has 0 radical (unpaired) electrons. The van der Waals surface area contributed by atoms with E-state index in [0.29, 0.717) is 4.48 Å². The summed E-state index contributed by atoms with van der Waals surface area (Å²) in [6.45, 7) is 3.49. The van der Waals surface area contributed by atoms with E-state index in [-0.39, 0.29) is 11.4 Å². The molecule has 0 bridgehead atoms. The largest absolute Gasteiger partial charge is 0.243 e. The van der Waals surface area contributed by atoms with E-state index < -0.39 is 15.8 Å². The summed E-state index contributed by atoms with van der Waals surface area (Å²) in [5.41, 5.74) is 0. The van der Waals surface area contributed by atoms with Crippen molar-refractivity contribution < 1.29 is 12.8 Å². The van der Waals surface area contributed by atoms with Crippen LogP contribution in [0.1, 0.15) is 0 Å². The zero-order chi connectivity index (χ0) is 11.5. The van der Waals surface area contributed by atoms with Gasteiger partial charge in [-0.2, -0.15) is 0 Å². The maximum atomic E-state index is 13.2. The summed E-state index contributed by atoms with van der Waals surface area (Å²) in [5.74, 6) is -0.773. The molecule has 6 heteroatoms. The molecule has 3 nitrogen and oxygen atoms in total. The van der Waals surface area contributed by atoms with Gasteiger partial charge in [-0.05, 0) is 12.1 Å². The number of rotatable bonds is 4. The zero-order valence-corrected chi connectivity index (χ0v) is 10.1. The van der Waals surface area contributed by atoms with Crippen LogP contribution in [0.4, 0.5) is 4.39 Å². The fourth-order valence-electron chi connectivity index (χ4n) is 0.914. The quantitative estimate of drug-likeness (QED) is 0.923. The maximum Gasteiger partial charge on any atom is 0.243 e. The number of halogens is 2. The van der Waals surface area contributed by atoms with E-state index >= 15 is 0 Å². The molecule has 0 heterocycles. The number of nitrogens with one attached hydrogen (secondary N) is 1. The third-order valence-electron chi connectivity index (χ3n) is 1.58. The molecule has 1 N–H and O–H groups in total. The molecule has 82 valence electrons. The standard InChI is InChI=1S/C9H9BrFNO2S/c1-7(10)6-12-15(13,14)9-5-3-2-4-8(9)11/h2-5,12H,1,6H2. The third kappa shape index (κ3) is 3.40. The Morgan fingerprint density at radius 3 is 2.60 bits per heavy atom. The van der Waals surface area contributed by atoms with Crippen LogP contribution < -0.4 is 4.72 Å². The lowest BCUT2D eigenvalue weighted by atomic mass is 10.4. The van der Waals surface area contributed by atoms with Gasteiger partial charge < -0.3 is 0 Å². The normalized spacial score (nSPS) is 11.3. The van der Waals surface area contributed by atoms with Crippen molar-refractivity contribution in [3.05, 3.63) is 41.1 Å². The van der Waals surface area contributed by atoms with E-state index in [9.17, 15) is 12.8 Å². The monoisotopic (exact) mass is 293 g/mol. The molecule has 0 fully saturated rings. The summed E-state index contributed by atoms with van der Waals surface area (Å²) >= 11 is 3.00. The van der Waals surface area contributed by atoms with Crippen LogP contribution in [0.5, 0.6) is 0 Å². The molecule has 15 heavy (non-hydrogen) atoms. The van der Waals surface area contributed by atoms with Crippen LogP contribution >= 0.6 is 15.9 Å². The molecule has 0 spiro atoms. The van der Waals surface area contributed by atoms with Gasteiger partial charge in [0.1, 0.15) is 10.7 Å². The van der Waals surface area contributed by atoms with Crippen molar-refractivity contribution >= 4 is 26.0 Å². The molecule has 0 aliphatic rings. The molecule has 0 saturated carbocycles. The van der Waals surface area contributed by atoms with Crippen molar-refractivity contribution in [1.82, 2.24) is 4.72 Å². The Morgan fingerprint density at radius 1 is 1.47 bits per heavy atom. The summed E-state index contributed by atoms with van der Waals surface area (Å²) in [5, 5.41) is 0. The van der Waals surface area contributed by atoms with Crippen LogP contribution in [0.2, 0.25) is 0 Å². The average Bonchev–Trinajstić information content (AvgIpc) is 2.15. The summed E-state index contributed by atoms with van der Waals surface area (Å²) in [7, 11) is -3.80. The number of benzene rings is 1. The second-order valence-electron chi connectivity index (χ2n) is 2.77. The fourth-order valence-corrected chi connectivity index (χ4v) is 2.34. The minimum Gasteiger partial charge on any atom is -0.207 e. The van der Waals surface area contributed by atoms with Gasteiger partial charge in [-0.15, -0.1) is 0 Å². The molecule has 0 aliphatic heterocycles. The third-order valence-corrected chi connectivity index (χ3v) is 3.30. The predicted molar refractivity (Wildman–Crippen MR) is 59.7 cm³/mol. The lowest BCUT2D eigenvalue weighted by Crippen LogP contribution is -2.25. The van der Waals surface area contributed by atoms with Gasteiger partial charge in [-0.3, -0.25) is 0 Å². The van der Waals surface area contributed by atoms with Gasteiger partial charge in [0.2, 0.25) is 10.0 Å². The average molecular weight is 294 g/mol. The Balaban J connectivity index is 2.97. The lowest BCUT2D eigenvalue weighted by Gasteiger charge is -2.06. The lowest BCUT2D eigenvalue weighted by molar-refractivity contribution is 0.559. The second kappa shape index (κ2) is 4.87. The topological polar surface area (TPSA) is 46.2 Å². The second-order valence-corrected chi connectivity index (χ2v) is 5.63. The Hall–Kier alpha value is -0.720. The first kappa shape index (κ1) is 12.4. The highest BCUT2D eigenvalue weighted by molar-refractivity contribution is 9.11. The molecule has 0 saturated heterocycles.